The Morgan fingerprint density at radius 1 is 1.29 bits per heavy atom. The first-order chi connectivity index (χ1) is 16.4. The topological polar surface area (TPSA) is 145 Å². The van der Waals surface area contributed by atoms with E-state index in [2.05, 4.69) is 20.2 Å². The van der Waals surface area contributed by atoms with Crippen molar-refractivity contribution in [1.29, 1.82) is 0 Å². The van der Waals surface area contributed by atoms with Crippen molar-refractivity contribution < 1.29 is 36.7 Å². The van der Waals surface area contributed by atoms with E-state index in [1.807, 2.05) is 0 Å². The molecule has 1 aliphatic heterocycles. The van der Waals surface area contributed by atoms with Crippen molar-refractivity contribution in [3.63, 3.8) is 0 Å². The summed E-state index contributed by atoms with van der Waals surface area (Å²) in [4.78, 5) is 33.7. The van der Waals surface area contributed by atoms with Gasteiger partial charge in [-0.15, -0.1) is 0 Å². The number of hydrogen-bond acceptors (Lipinski definition) is 10. The van der Waals surface area contributed by atoms with Crippen LogP contribution < -0.4 is 10.0 Å². The standard InChI is InChI=1S/C21H25FN4O7S2/c1-21(2,3)32-17(27)11-24-35(29,30)15-6-4-13(5-7-15)18(26-33-14-8-9-31-12-14)19(28)25-20-23-10-16(22)34-20/h4-7,10,14,24H,8-9,11-12H2,1-3H3,(H,23,25,28)/t14-/m1/s1. The monoisotopic (exact) mass is 528 g/mol. The predicted molar refractivity (Wildman–Crippen MR) is 125 cm³/mol. The zero-order chi connectivity index (χ0) is 25.6. The highest BCUT2D eigenvalue weighted by molar-refractivity contribution is 7.89. The molecule has 0 bridgehead atoms. The Morgan fingerprint density at radius 3 is 2.57 bits per heavy atom. The van der Waals surface area contributed by atoms with Crippen molar-refractivity contribution >= 4 is 44.1 Å². The molecule has 3 rings (SSSR count). The van der Waals surface area contributed by atoms with Gasteiger partial charge in [-0.1, -0.05) is 28.6 Å². The molecule has 1 aromatic heterocycles. The summed E-state index contributed by atoms with van der Waals surface area (Å²) in [7, 11) is -4.03. The molecule has 1 amide bonds. The van der Waals surface area contributed by atoms with Gasteiger partial charge in [-0.2, -0.15) is 9.11 Å². The van der Waals surface area contributed by atoms with Gasteiger partial charge in [0.1, 0.15) is 12.1 Å². The molecule has 14 heteroatoms. The first-order valence-electron chi connectivity index (χ1n) is 10.5. The normalized spacial score (nSPS) is 16.7. The van der Waals surface area contributed by atoms with Crippen molar-refractivity contribution in [2.24, 2.45) is 5.16 Å². The maximum absolute atomic E-state index is 13.2. The Morgan fingerprint density at radius 2 is 2.00 bits per heavy atom. The number of oxime groups is 1. The smallest absolute Gasteiger partial charge is 0.321 e. The predicted octanol–water partition coefficient (Wildman–Crippen LogP) is 2.05. The van der Waals surface area contributed by atoms with Crippen molar-refractivity contribution in [1.82, 2.24) is 9.71 Å². The van der Waals surface area contributed by atoms with Gasteiger partial charge in [0.05, 0.1) is 24.3 Å². The number of amides is 1. The summed E-state index contributed by atoms with van der Waals surface area (Å²) in [6, 6.07) is 5.21. The number of anilines is 1. The van der Waals surface area contributed by atoms with E-state index in [0.717, 1.165) is 6.20 Å². The van der Waals surface area contributed by atoms with Crippen LogP contribution in [0.2, 0.25) is 0 Å². The highest BCUT2D eigenvalue weighted by atomic mass is 32.2. The Bertz CT molecular complexity index is 1190. The number of carbonyl (C=O) groups excluding carboxylic acids is 2. The summed E-state index contributed by atoms with van der Waals surface area (Å²) in [6.07, 6.45) is 1.22. The third-order valence-corrected chi connectivity index (χ3v) is 6.48. The van der Waals surface area contributed by atoms with Crippen LogP contribution in [0, 0.1) is 5.13 Å². The highest BCUT2D eigenvalue weighted by Gasteiger charge is 2.23. The molecule has 2 aromatic rings. The minimum absolute atomic E-state index is 0.0231. The van der Waals surface area contributed by atoms with E-state index in [1.165, 1.54) is 24.3 Å². The minimum atomic E-state index is -4.03. The van der Waals surface area contributed by atoms with Crippen molar-refractivity contribution in [2.75, 3.05) is 25.1 Å². The van der Waals surface area contributed by atoms with Crippen LogP contribution in [0.3, 0.4) is 0 Å². The van der Waals surface area contributed by atoms with E-state index >= 15 is 0 Å². The van der Waals surface area contributed by atoms with Crippen molar-refractivity contribution in [3.8, 4) is 0 Å². The number of carbonyl (C=O) groups is 2. The summed E-state index contributed by atoms with van der Waals surface area (Å²) in [5.74, 6) is -1.45. The highest BCUT2D eigenvalue weighted by Crippen LogP contribution is 2.18. The van der Waals surface area contributed by atoms with Crippen molar-refractivity contribution in [2.45, 2.75) is 43.8 Å². The lowest BCUT2D eigenvalue weighted by Gasteiger charge is -2.19. The number of esters is 1. The van der Waals surface area contributed by atoms with Crippen LogP contribution in [0.5, 0.6) is 0 Å². The first-order valence-corrected chi connectivity index (χ1v) is 12.8. The Labute approximate surface area is 205 Å². The third-order valence-electron chi connectivity index (χ3n) is 4.36. The lowest BCUT2D eigenvalue weighted by molar-refractivity contribution is -0.153. The Hall–Kier alpha value is -2.94. The summed E-state index contributed by atoms with van der Waals surface area (Å²) >= 11 is 0.638. The average Bonchev–Trinajstić information content (AvgIpc) is 3.43. The van der Waals surface area contributed by atoms with Gasteiger partial charge in [0, 0.05) is 12.0 Å². The van der Waals surface area contributed by atoms with Crippen LogP contribution in [0.15, 0.2) is 40.5 Å². The van der Waals surface area contributed by atoms with E-state index in [1.54, 1.807) is 20.8 Å². The maximum Gasteiger partial charge on any atom is 0.321 e. The Balaban J connectivity index is 1.76. The molecule has 0 unspecified atom stereocenters. The molecule has 1 aromatic carbocycles. The third kappa shape index (κ3) is 8.06. The van der Waals surface area contributed by atoms with Gasteiger partial charge in [-0.3, -0.25) is 14.9 Å². The van der Waals surface area contributed by atoms with Gasteiger partial charge in [-0.25, -0.2) is 13.4 Å². The second-order valence-electron chi connectivity index (χ2n) is 8.39. The maximum atomic E-state index is 13.2. The quantitative estimate of drug-likeness (QED) is 0.286. The zero-order valence-corrected chi connectivity index (χ0v) is 20.9. The van der Waals surface area contributed by atoms with E-state index in [9.17, 15) is 22.4 Å². The number of nitrogens with one attached hydrogen (secondary N) is 2. The molecule has 190 valence electrons. The molecule has 2 N–H and O–H groups in total. The molecule has 1 fully saturated rings. The molecule has 11 nitrogen and oxygen atoms in total. The van der Waals surface area contributed by atoms with Gasteiger partial charge in [0.2, 0.25) is 10.0 Å². The molecule has 35 heavy (non-hydrogen) atoms. The summed E-state index contributed by atoms with van der Waals surface area (Å²) in [6.45, 7) is 5.28. The summed E-state index contributed by atoms with van der Waals surface area (Å²) in [5, 5.41) is 5.83. The second-order valence-corrected chi connectivity index (χ2v) is 11.1. The molecule has 2 heterocycles. The molecule has 0 spiro atoms. The number of thiazole rings is 1. The molecule has 1 aliphatic rings. The van der Waals surface area contributed by atoms with Gasteiger partial charge in [0.25, 0.3) is 5.91 Å². The molecule has 0 radical (unpaired) electrons. The summed E-state index contributed by atoms with van der Waals surface area (Å²) < 4.78 is 50.8. The SMILES string of the molecule is CC(C)(C)OC(=O)CNS(=O)(=O)c1ccc(C(=NO[C@@H]2CCOC2)C(=O)Nc2ncc(F)s2)cc1. The number of halogens is 1. The molecular formula is C21H25FN4O7S2. The largest absolute Gasteiger partial charge is 0.459 e. The first kappa shape index (κ1) is 26.7. The molecule has 1 atom stereocenters. The zero-order valence-electron chi connectivity index (χ0n) is 19.2. The summed E-state index contributed by atoms with van der Waals surface area (Å²) in [5.41, 5.74) is -0.680. The number of ether oxygens (including phenoxy) is 2. The lowest BCUT2D eigenvalue weighted by atomic mass is 10.1. The van der Waals surface area contributed by atoms with E-state index in [-0.39, 0.29) is 27.4 Å². The van der Waals surface area contributed by atoms with Gasteiger partial charge in [0.15, 0.2) is 22.1 Å². The number of rotatable bonds is 9. The second kappa shape index (κ2) is 11.2. The molecule has 0 saturated carbocycles. The number of hydrogen-bond donors (Lipinski definition) is 2. The van der Waals surface area contributed by atoms with E-state index in [4.69, 9.17) is 14.3 Å². The van der Waals surface area contributed by atoms with Gasteiger partial charge >= 0.3 is 5.97 Å². The van der Waals surface area contributed by atoms with Gasteiger partial charge in [-0.05, 0) is 32.9 Å². The van der Waals surface area contributed by atoms with Crippen LogP contribution in [-0.4, -0.2) is 62.5 Å². The number of aromatic nitrogens is 1. The fraction of sp³-hybridized carbons (Fsp3) is 0.429. The number of sulfonamides is 1. The fourth-order valence-electron chi connectivity index (χ4n) is 2.82. The van der Waals surface area contributed by atoms with Crippen LogP contribution in [0.1, 0.15) is 32.8 Å². The Kier molecular flexibility index (Phi) is 8.53. The molecular weight excluding hydrogens is 503 g/mol. The minimum Gasteiger partial charge on any atom is -0.459 e. The lowest BCUT2D eigenvalue weighted by Crippen LogP contribution is -2.34. The van der Waals surface area contributed by atoms with Crippen LogP contribution in [0.25, 0.3) is 0 Å². The number of benzene rings is 1. The molecule has 1 saturated heterocycles. The van der Waals surface area contributed by atoms with Crippen LogP contribution >= 0.6 is 11.3 Å². The average molecular weight is 529 g/mol. The van der Waals surface area contributed by atoms with Gasteiger partial charge < -0.3 is 14.3 Å². The van der Waals surface area contributed by atoms with E-state index < -0.39 is 39.2 Å². The van der Waals surface area contributed by atoms with Crippen LogP contribution in [-0.2, 0) is 33.9 Å². The number of nitrogens with zero attached hydrogens (tertiary/aromatic N) is 2. The van der Waals surface area contributed by atoms with Crippen LogP contribution in [0.4, 0.5) is 9.52 Å². The van der Waals surface area contributed by atoms with Crippen molar-refractivity contribution in [3.05, 3.63) is 41.2 Å². The molecule has 0 aliphatic carbocycles. The fourth-order valence-corrected chi connectivity index (χ4v) is 4.33. The van der Waals surface area contributed by atoms with E-state index in [0.29, 0.717) is 31.0 Å².